The lowest BCUT2D eigenvalue weighted by atomic mass is 10.3. The van der Waals surface area contributed by atoms with E-state index in [4.69, 9.17) is 9.29 Å². The second-order valence-corrected chi connectivity index (χ2v) is 5.74. The lowest BCUT2D eigenvalue weighted by Gasteiger charge is -2.26. The SMILES string of the molecule is C=C(C)C(=O)OC(CC)N(C)CCCS(=O)(=O)O. The third-order valence-corrected chi connectivity index (χ3v) is 3.15. The van der Waals surface area contributed by atoms with E-state index < -0.39 is 22.3 Å². The summed E-state index contributed by atoms with van der Waals surface area (Å²) in [5, 5.41) is 0. The Morgan fingerprint density at radius 2 is 2.06 bits per heavy atom. The van der Waals surface area contributed by atoms with Crippen LogP contribution in [-0.2, 0) is 19.6 Å². The van der Waals surface area contributed by atoms with Crippen LogP contribution in [0.5, 0.6) is 0 Å². The molecule has 0 bridgehead atoms. The fourth-order valence-corrected chi connectivity index (χ4v) is 1.84. The molecular weight excluding hydrogens is 258 g/mol. The van der Waals surface area contributed by atoms with Crippen molar-refractivity contribution >= 4 is 16.1 Å². The van der Waals surface area contributed by atoms with Gasteiger partial charge in [-0.3, -0.25) is 9.45 Å². The topological polar surface area (TPSA) is 83.9 Å². The van der Waals surface area contributed by atoms with Crippen molar-refractivity contribution in [1.29, 1.82) is 0 Å². The molecule has 0 spiro atoms. The second kappa shape index (κ2) is 7.50. The molecule has 0 aromatic heterocycles. The number of carbonyl (C=O) groups is 1. The van der Waals surface area contributed by atoms with Crippen LogP contribution in [0.3, 0.4) is 0 Å². The van der Waals surface area contributed by atoms with Gasteiger partial charge in [-0.15, -0.1) is 0 Å². The molecule has 0 amide bonds. The van der Waals surface area contributed by atoms with E-state index in [0.29, 0.717) is 18.5 Å². The Bertz CT molecular complexity index is 390. The minimum absolute atomic E-state index is 0.274. The molecule has 1 N–H and O–H groups in total. The zero-order valence-electron chi connectivity index (χ0n) is 11.0. The molecule has 106 valence electrons. The maximum absolute atomic E-state index is 11.4. The molecule has 0 saturated carbocycles. The monoisotopic (exact) mass is 279 g/mol. The number of nitrogens with zero attached hydrogens (tertiary/aromatic N) is 1. The molecule has 0 aromatic rings. The molecule has 0 aromatic carbocycles. The molecule has 0 saturated heterocycles. The first-order valence-corrected chi connectivity index (χ1v) is 7.30. The summed E-state index contributed by atoms with van der Waals surface area (Å²) in [6.07, 6.45) is 0.438. The minimum Gasteiger partial charge on any atom is -0.443 e. The van der Waals surface area contributed by atoms with Gasteiger partial charge in [0.2, 0.25) is 0 Å². The highest BCUT2D eigenvalue weighted by molar-refractivity contribution is 7.85. The van der Waals surface area contributed by atoms with Crippen LogP contribution in [0.4, 0.5) is 0 Å². The quantitative estimate of drug-likeness (QED) is 0.309. The van der Waals surface area contributed by atoms with Crippen molar-refractivity contribution in [2.24, 2.45) is 0 Å². The molecule has 0 radical (unpaired) electrons. The van der Waals surface area contributed by atoms with Crippen molar-refractivity contribution in [2.45, 2.75) is 32.9 Å². The van der Waals surface area contributed by atoms with E-state index in [0.717, 1.165) is 0 Å². The van der Waals surface area contributed by atoms with E-state index in [1.807, 2.05) is 6.92 Å². The predicted octanol–water partition coefficient (Wildman–Crippen LogP) is 1.05. The number of carbonyl (C=O) groups excluding carboxylic acids is 1. The summed E-state index contributed by atoms with van der Waals surface area (Å²) >= 11 is 0. The van der Waals surface area contributed by atoms with Crippen LogP contribution in [0.1, 0.15) is 26.7 Å². The number of hydrogen-bond acceptors (Lipinski definition) is 5. The lowest BCUT2D eigenvalue weighted by Crippen LogP contribution is -2.36. The predicted molar refractivity (Wildman–Crippen MR) is 68.6 cm³/mol. The minimum atomic E-state index is -3.94. The molecule has 0 heterocycles. The van der Waals surface area contributed by atoms with Gasteiger partial charge in [-0.2, -0.15) is 8.42 Å². The summed E-state index contributed by atoms with van der Waals surface area (Å²) in [4.78, 5) is 13.1. The van der Waals surface area contributed by atoms with Crippen molar-refractivity contribution in [3.05, 3.63) is 12.2 Å². The molecule has 1 unspecified atom stereocenters. The number of ether oxygens (including phenoxy) is 1. The molecule has 0 aliphatic carbocycles. The third kappa shape index (κ3) is 7.41. The third-order valence-electron chi connectivity index (χ3n) is 2.35. The summed E-state index contributed by atoms with van der Waals surface area (Å²) in [5.41, 5.74) is 0.319. The first-order valence-electron chi connectivity index (χ1n) is 5.69. The Morgan fingerprint density at radius 3 is 2.44 bits per heavy atom. The molecule has 0 fully saturated rings. The first kappa shape index (κ1) is 17.1. The summed E-state index contributed by atoms with van der Waals surface area (Å²) in [6.45, 7) is 7.31. The van der Waals surface area contributed by atoms with Gasteiger partial charge in [-0.1, -0.05) is 13.5 Å². The largest absolute Gasteiger partial charge is 0.443 e. The van der Waals surface area contributed by atoms with E-state index in [1.165, 1.54) is 0 Å². The molecule has 1 atom stereocenters. The first-order chi connectivity index (χ1) is 8.17. The van der Waals surface area contributed by atoms with Crippen molar-refractivity contribution in [3.8, 4) is 0 Å². The van der Waals surface area contributed by atoms with Crippen LogP contribution in [-0.4, -0.2) is 49.4 Å². The van der Waals surface area contributed by atoms with Crippen LogP contribution >= 0.6 is 0 Å². The summed E-state index contributed by atoms with van der Waals surface area (Å²) in [5.74, 6) is -0.772. The highest BCUT2D eigenvalue weighted by Gasteiger charge is 2.18. The summed E-state index contributed by atoms with van der Waals surface area (Å²) in [7, 11) is -2.21. The highest BCUT2D eigenvalue weighted by Crippen LogP contribution is 2.07. The van der Waals surface area contributed by atoms with E-state index in [2.05, 4.69) is 6.58 Å². The van der Waals surface area contributed by atoms with E-state index >= 15 is 0 Å². The fraction of sp³-hybridized carbons (Fsp3) is 0.727. The smallest absolute Gasteiger partial charge is 0.334 e. The molecule has 7 heteroatoms. The lowest BCUT2D eigenvalue weighted by molar-refractivity contribution is -0.153. The van der Waals surface area contributed by atoms with E-state index in [1.54, 1.807) is 18.9 Å². The van der Waals surface area contributed by atoms with Gasteiger partial charge in [0, 0.05) is 12.1 Å². The Kier molecular flexibility index (Phi) is 7.12. The highest BCUT2D eigenvalue weighted by atomic mass is 32.2. The van der Waals surface area contributed by atoms with Gasteiger partial charge in [-0.25, -0.2) is 4.79 Å². The maximum atomic E-state index is 11.4. The summed E-state index contributed by atoms with van der Waals surface area (Å²) < 4.78 is 34.9. The summed E-state index contributed by atoms with van der Waals surface area (Å²) in [6, 6.07) is 0. The van der Waals surface area contributed by atoms with E-state index in [9.17, 15) is 13.2 Å². The molecule has 0 aliphatic rings. The second-order valence-electron chi connectivity index (χ2n) is 4.17. The number of esters is 1. The molecule has 18 heavy (non-hydrogen) atoms. The van der Waals surface area contributed by atoms with Crippen LogP contribution in [0.15, 0.2) is 12.2 Å². The Morgan fingerprint density at radius 1 is 1.50 bits per heavy atom. The van der Waals surface area contributed by atoms with Gasteiger partial charge in [0.05, 0.1) is 5.75 Å². The van der Waals surface area contributed by atoms with Crippen LogP contribution in [0.2, 0.25) is 0 Å². The normalized spacial score (nSPS) is 13.4. The average Bonchev–Trinajstić information content (AvgIpc) is 2.23. The zero-order chi connectivity index (χ0) is 14.3. The van der Waals surface area contributed by atoms with Crippen LogP contribution in [0, 0.1) is 0 Å². The zero-order valence-corrected chi connectivity index (χ0v) is 11.9. The van der Waals surface area contributed by atoms with Crippen molar-refractivity contribution in [3.63, 3.8) is 0 Å². The van der Waals surface area contributed by atoms with Gasteiger partial charge in [0.15, 0.2) is 6.23 Å². The van der Waals surface area contributed by atoms with Crippen molar-refractivity contribution in [2.75, 3.05) is 19.3 Å². The van der Waals surface area contributed by atoms with Crippen LogP contribution < -0.4 is 0 Å². The van der Waals surface area contributed by atoms with E-state index in [-0.39, 0.29) is 12.2 Å². The van der Waals surface area contributed by atoms with Crippen molar-refractivity contribution in [1.82, 2.24) is 4.90 Å². The molecular formula is C11H21NO5S. The number of hydrogen-bond donors (Lipinski definition) is 1. The Hall–Kier alpha value is -0.920. The Labute approximate surface area is 108 Å². The average molecular weight is 279 g/mol. The van der Waals surface area contributed by atoms with Crippen LogP contribution in [0.25, 0.3) is 0 Å². The van der Waals surface area contributed by atoms with Gasteiger partial charge in [-0.05, 0) is 26.8 Å². The van der Waals surface area contributed by atoms with Gasteiger partial charge >= 0.3 is 5.97 Å². The molecule has 0 aliphatic heterocycles. The Balaban J connectivity index is 4.23. The standard InChI is InChI=1S/C11H21NO5S/c1-5-10(17-11(13)9(2)3)12(4)7-6-8-18(14,15)16/h10H,2,5-8H2,1,3-4H3,(H,14,15,16). The van der Waals surface area contributed by atoms with Crippen molar-refractivity contribution < 1.29 is 22.5 Å². The fourth-order valence-electron chi connectivity index (χ4n) is 1.35. The van der Waals surface area contributed by atoms with Gasteiger partial charge in [0.25, 0.3) is 10.1 Å². The molecule has 6 nitrogen and oxygen atoms in total. The number of rotatable bonds is 8. The maximum Gasteiger partial charge on any atom is 0.334 e. The molecule has 0 rings (SSSR count). The van der Waals surface area contributed by atoms with Gasteiger partial charge in [0.1, 0.15) is 0 Å². The van der Waals surface area contributed by atoms with Gasteiger partial charge < -0.3 is 4.74 Å².